The Morgan fingerprint density at radius 1 is 1.42 bits per heavy atom. The van der Waals surface area contributed by atoms with Crippen LogP contribution in [0.4, 0.5) is 17.6 Å². The lowest BCUT2D eigenvalue weighted by molar-refractivity contribution is -0.137. The van der Waals surface area contributed by atoms with Gasteiger partial charge in [-0.05, 0) is 25.1 Å². The van der Waals surface area contributed by atoms with Crippen molar-refractivity contribution >= 4 is 5.91 Å². The van der Waals surface area contributed by atoms with E-state index in [0.717, 1.165) is 0 Å². The number of carbonyl (C=O) groups excluding carboxylic acids is 1. The van der Waals surface area contributed by atoms with Crippen molar-refractivity contribution in [1.29, 1.82) is 0 Å². The number of hydrogen-bond donors (Lipinski definition) is 1. The first-order chi connectivity index (χ1) is 8.75. The average molecular weight is 279 g/mol. The highest BCUT2D eigenvalue weighted by atomic mass is 19.4. The minimum Gasteiger partial charge on any atom is -0.380 e. The maximum atomic E-state index is 13.4. The van der Waals surface area contributed by atoms with Gasteiger partial charge >= 0.3 is 6.18 Å². The van der Waals surface area contributed by atoms with Gasteiger partial charge in [-0.25, -0.2) is 4.39 Å². The van der Waals surface area contributed by atoms with Gasteiger partial charge < -0.3 is 10.1 Å². The van der Waals surface area contributed by atoms with Crippen LogP contribution in [0.25, 0.3) is 0 Å². The summed E-state index contributed by atoms with van der Waals surface area (Å²) in [5.41, 5.74) is -1.71. The molecule has 7 heteroatoms. The monoisotopic (exact) mass is 279 g/mol. The predicted molar refractivity (Wildman–Crippen MR) is 60.2 cm³/mol. The van der Waals surface area contributed by atoms with Crippen LogP contribution >= 0.6 is 0 Å². The number of methoxy groups -OCH3 is 1. The van der Waals surface area contributed by atoms with Crippen LogP contribution in [0.3, 0.4) is 0 Å². The highest BCUT2D eigenvalue weighted by Gasteiger charge is 2.31. The Labute approximate surface area is 107 Å². The number of hydrogen-bond acceptors (Lipinski definition) is 2. The molecule has 106 valence electrons. The molecule has 1 aromatic rings. The van der Waals surface area contributed by atoms with Crippen LogP contribution in [0.5, 0.6) is 0 Å². The summed E-state index contributed by atoms with van der Waals surface area (Å²) < 4.78 is 55.6. The number of rotatable bonds is 4. The number of alkyl halides is 3. The van der Waals surface area contributed by atoms with E-state index in [2.05, 4.69) is 5.32 Å². The van der Waals surface area contributed by atoms with Crippen LogP contribution in [0.1, 0.15) is 22.8 Å². The minimum atomic E-state index is -4.62. The Kier molecular flexibility index (Phi) is 4.88. The molecule has 0 heterocycles. The maximum absolute atomic E-state index is 13.4. The van der Waals surface area contributed by atoms with E-state index in [9.17, 15) is 22.4 Å². The molecule has 0 aromatic heterocycles. The van der Waals surface area contributed by atoms with Gasteiger partial charge in [-0.2, -0.15) is 13.2 Å². The molecule has 0 fully saturated rings. The van der Waals surface area contributed by atoms with Crippen molar-refractivity contribution in [2.45, 2.75) is 19.2 Å². The van der Waals surface area contributed by atoms with Crippen molar-refractivity contribution in [2.75, 3.05) is 13.7 Å². The van der Waals surface area contributed by atoms with Gasteiger partial charge in [0.05, 0.1) is 17.2 Å². The fraction of sp³-hybridized carbons (Fsp3) is 0.417. The van der Waals surface area contributed by atoms with Gasteiger partial charge in [0, 0.05) is 13.7 Å². The molecule has 1 N–H and O–H groups in total. The molecule has 0 aliphatic carbocycles. The molecule has 3 nitrogen and oxygen atoms in total. The van der Waals surface area contributed by atoms with Crippen LogP contribution < -0.4 is 5.32 Å². The van der Waals surface area contributed by atoms with Crippen molar-refractivity contribution in [3.63, 3.8) is 0 Å². The first-order valence-electron chi connectivity index (χ1n) is 5.43. The topological polar surface area (TPSA) is 38.3 Å². The van der Waals surface area contributed by atoms with E-state index < -0.39 is 29.0 Å². The van der Waals surface area contributed by atoms with Crippen LogP contribution in [-0.4, -0.2) is 25.7 Å². The summed E-state index contributed by atoms with van der Waals surface area (Å²) in [4.78, 5) is 11.6. The van der Waals surface area contributed by atoms with Gasteiger partial charge in [0.15, 0.2) is 0 Å². The zero-order valence-electron chi connectivity index (χ0n) is 10.3. The minimum absolute atomic E-state index is 0.0744. The second kappa shape index (κ2) is 6.01. The van der Waals surface area contributed by atoms with E-state index in [-0.39, 0.29) is 12.6 Å². The third-order valence-corrected chi connectivity index (χ3v) is 2.49. The van der Waals surface area contributed by atoms with E-state index in [1.807, 2.05) is 0 Å². The number of ether oxygens (including phenoxy) is 1. The zero-order valence-corrected chi connectivity index (χ0v) is 10.3. The van der Waals surface area contributed by atoms with Crippen LogP contribution in [0.15, 0.2) is 18.2 Å². The third-order valence-electron chi connectivity index (χ3n) is 2.49. The van der Waals surface area contributed by atoms with E-state index in [1.165, 1.54) is 7.11 Å². The van der Waals surface area contributed by atoms with Gasteiger partial charge in [-0.15, -0.1) is 0 Å². The summed E-state index contributed by atoms with van der Waals surface area (Å²) in [7, 11) is 1.42. The Bertz CT molecular complexity index is 460. The number of amides is 1. The molecule has 0 radical (unpaired) electrons. The van der Waals surface area contributed by atoms with Gasteiger partial charge in [-0.3, -0.25) is 4.79 Å². The zero-order chi connectivity index (χ0) is 14.6. The summed E-state index contributed by atoms with van der Waals surface area (Å²) >= 11 is 0. The molecule has 19 heavy (non-hydrogen) atoms. The molecule has 1 atom stereocenters. The number of benzene rings is 1. The largest absolute Gasteiger partial charge is 0.416 e. The first-order valence-corrected chi connectivity index (χ1v) is 5.43. The van der Waals surface area contributed by atoms with E-state index in [4.69, 9.17) is 4.74 Å². The number of nitrogens with one attached hydrogen (secondary N) is 1. The Morgan fingerprint density at radius 2 is 2.05 bits per heavy atom. The van der Waals surface area contributed by atoms with Gasteiger partial charge in [-0.1, -0.05) is 0 Å². The van der Waals surface area contributed by atoms with Crippen LogP contribution in [-0.2, 0) is 10.9 Å². The molecule has 1 aromatic carbocycles. The Morgan fingerprint density at radius 3 is 2.58 bits per heavy atom. The molecule has 1 amide bonds. The van der Waals surface area contributed by atoms with Crippen LogP contribution in [0.2, 0.25) is 0 Å². The van der Waals surface area contributed by atoms with Gasteiger partial charge in [0.2, 0.25) is 0 Å². The summed E-state index contributed by atoms with van der Waals surface area (Å²) in [6, 6.07) is 1.70. The van der Waals surface area contributed by atoms with Crippen molar-refractivity contribution in [1.82, 2.24) is 5.32 Å². The average Bonchev–Trinajstić information content (AvgIpc) is 2.34. The normalized spacial score (nSPS) is 13.2. The van der Waals surface area contributed by atoms with Crippen molar-refractivity contribution < 1.29 is 27.1 Å². The van der Waals surface area contributed by atoms with Crippen molar-refractivity contribution in [2.24, 2.45) is 0 Å². The quantitative estimate of drug-likeness (QED) is 0.860. The lowest BCUT2D eigenvalue weighted by Crippen LogP contribution is -2.32. The van der Waals surface area contributed by atoms with Crippen molar-refractivity contribution in [3.8, 4) is 0 Å². The molecule has 0 saturated carbocycles. The molecule has 0 spiro atoms. The fourth-order valence-electron chi connectivity index (χ4n) is 1.29. The fourth-order valence-corrected chi connectivity index (χ4v) is 1.29. The predicted octanol–water partition coefficient (Wildman–Crippen LogP) is 2.61. The van der Waals surface area contributed by atoms with Crippen LogP contribution in [0, 0.1) is 5.82 Å². The van der Waals surface area contributed by atoms with E-state index in [0.29, 0.717) is 18.2 Å². The standard InChI is InChI=1S/C12H13F4NO2/c1-7(19-2)6-17-11(18)9-5-8(12(14,15)16)3-4-10(9)13/h3-5,7H,6H2,1-2H3,(H,17,18). The highest BCUT2D eigenvalue weighted by Crippen LogP contribution is 2.30. The second-order valence-electron chi connectivity index (χ2n) is 3.95. The SMILES string of the molecule is COC(C)CNC(=O)c1cc(C(F)(F)F)ccc1F. The molecule has 0 aliphatic rings. The van der Waals surface area contributed by atoms with Gasteiger partial charge in [0.1, 0.15) is 5.82 Å². The summed E-state index contributed by atoms with van der Waals surface area (Å²) in [5.74, 6) is -1.91. The van der Waals surface area contributed by atoms with Gasteiger partial charge in [0.25, 0.3) is 5.91 Å². The Balaban J connectivity index is 2.90. The second-order valence-corrected chi connectivity index (χ2v) is 3.95. The molecule has 0 saturated heterocycles. The first kappa shape index (κ1) is 15.4. The molecule has 0 bridgehead atoms. The lowest BCUT2D eigenvalue weighted by Gasteiger charge is -2.12. The summed E-state index contributed by atoms with van der Waals surface area (Å²) in [6.45, 7) is 1.73. The smallest absolute Gasteiger partial charge is 0.380 e. The lowest BCUT2D eigenvalue weighted by atomic mass is 10.1. The molecular formula is C12H13F4NO2. The van der Waals surface area contributed by atoms with E-state index >= 15 is 0 Å². The summed E-state index contributed by atoms with van der Waals surface area (Å²) in [5, 5.41) is 2.30. The van der Waals surface area contributed by atoms with E-state index in [1.54, 1.807) is 6.92 Å². The number of halogens is 4. The molecule has 0 aliphatic heterocycles. The summed E-state index contributed by atoms with van der Waals surface area (Å²) in [6.07, 6.45) is -4.94. The van der Waals surface area contributed by atoms with Crippen molar-refractivity contribution in [3.05, 3.63) is 35.1 Å². The molecular weight excluding hydrogens is 266 g/mol. The third kappa shape index (κ3) is 4.20. The number of carbonyl (C=O) groups is 1. The Hall–Kier alpha value is -1.63. The molecule has 1 rings (SSSR count). The maximum Gasteiger partial charge on any atom is 0.416 e. The highest BCUT2D eigenvalue weighted by molar-refractivity contribution is 5.94. The molecule has 1 unspecified atom stereocenters.